The molecule has 1 saturated heterocycles. The molecule has 3 aromatic rings. The first-order valence-corrected chi connectivity index (χ1v) is 11.1. The molecule has 174 valence electrons. The van der Waals surface area contributed by atoms with Crippen LogP contribution >= 0.6 is 12.4 Å². The van der Waals surface area contributed by atoms with Crippen molar-refractivity contribution in [3.05, 3.63) is 71.9 Å². The number of nitrogens with zero attached hydrogens (tertiary/aromatic N) is 1. The third-order valence-electron chi connectivity index (χ3n) is 5.95. The van der Waals surface area contributed by atoms with Gasteiger partial charge >= 0.3 is 6.03 Å². The lowest BCUT2D eigenvalue weighted by Gasteiger charge is -2.32. The molecule has 0 bridgehead atoms. The van der Waals surface area contributed by atoms with Crippen molar-refractivity contribution in [1.82, 2.24) is 20.5 Å². The lowest BCUT2D eigenvalue weighted by molar-refractivity contribution is 0.0953. The summed E-state index contributed by atoms with van der Waals surface area (Å²) >= 11 is 0. The minimum Gasteiger partial charge on any atom is -0.360 e. The van der Waals surface area contributed by atoms with Gasteiger partial charge in [-0.15, -0.1) is 12.4 Å². The molecule has 2 aromatic carbocycles. The molecule has 33 heavy (non-hydrogen) atoms. The number of nitrogens with one attached hydrogen (secondary N) is 3. The van der Waals surface area contributed by atoms with Crippen LogP contribution in [-0.2, 0) is 0 Å². The van der Waals surface area contributed by atoms with Crippen molar-refractivity contribution in [1.29, 1.82) is 0 Å². The molecule has 3 amide bonds. The van der Waals surface area contributed by atoms with Gasteiger partial charge in [0.05, 0.1) is 0 Å². The molecule has 8 heteroatoms. The molecule has 1 aromatic heterocycles. The summed E-state index contributed by atoms with van der Waals surface area (Å²) in [6, 6.07) is 16.1. The summed E-state index contributed by atoms with van der Waals surface area (Å²) in [6.45, 7) is 2.58. The Labute approximate surface area is 199 Å². The number of likely N-dealkylation sites (tertiary alicyclic amines) is 1. The number of halogens is 1. The van der Waals surface area contributed by atoms with Crippen LogP contribution in [0, 0.1) is 0 Å². The Bertz CT molecular complexity index is 1090. The average Bonchev–Trinajstić information content (AvgIpc) is 3.25. The molecule has 0 atom stereocenters. The molecule has 0 unspecified atom stereocenters. The predicted octanol–water partition coefficient (Wildman–Crippen LogP) is 4.16. The molecule has 2 heterocycles. The Balaban J connectivity index is 0.00000306. The highest BCUT2D eigenvalue weighted by atomic mass is 35.5. The van der Waals surface area contributed by atoms with Gasteiger partial charge in [0, 0.05) is 53.8 Å². The van der Waals surface area contributed by atoms with Crippen molar-refractivity contribution in [3.8, 4) is 0 Å². The van der Waals surface area contributed by atoms with E-state index in [-0.39, 0.29) is 24.2 Å². The highest BCUT2D eigenvalue weighted by Gasteiger charge is 2.22. The minimum atomic E-state index is -0.457. The zero-order valence-corrected chi connectivity index (χ0v) is 19.2. The van der Waals surface area contributed by atoms with Crippen LogP contribution in [-0.4, -0.2) is 53.3 Å². The first kappa shape index (κ1) is 24.5. The maximum Gasteiger partial charge on any atom is 0.321 e. The second-order valence-electron chi connectivity index (χ2n) is 8.18. The number of urea groups is 1. The molecule has 1 aliphatic rings. The van der Waals surface area contributed by atoms with Gasteiger partial charge in [-0.2, -0.15) is 0 Å². The van der Waals surface area contributed by atoms with E-state index in [4.69, 9.17) is 0 Å². The Morgan fingerprint density at radius 3 is 2.42 bits per heavy atom. The smallest absolute Gasteiger partial charge is 0.321 e. The van der Waals surface area contributed by atoms with E-state index in [1.807, 2.05) is 30.3 Å². The highest BCUT2D eigenvalue weighted by Crippen LogP contribution is 2.20. The van der Waals surface area contributed by atoms with Gasteiger partial charge in [0.1, 0.15) is 0 Å². The van der Waals surface area contributed by atoms with Crippen LogP contribution in [0.5, 0.6) is 0 Å². The van der Waals surface area contributed by atoms with Crippen molar-refractivity contribution >= 4 is 41.0 Å². The number of hydrogen-bond donors (Lipinski definition) is 3. The van der Waals surface area contributed by atoms with Crippen molar-refractivity contribution in [3.63, 3.8) is 0 Å². The largest absolute Gasteiger partial charge is 0.360 e. The van der Waals surface area contributed by atoms with Crippen LogP contribution in [0.3, 0.4) is 0 Å². The summed E-state index contributed by atoms with van der Waals surface area (Å²) in [4.78, 5) is 42.3. The Kier molecular flexibility index (Phi) is 8.63. The van der Waals surface area contributed by atoms with Crippen molar-refractivity contribution < 1.29 is 14.4 Å². The van der Waals surface area contributed by atoms with Crippen LogP contribution in [0.4, 0.5) is 4.79 Å². The molecule has 1 fully saturated rings. The number of H-pyrrole nitrogens is 1. The lowest BCUT2D eigenvalue weighted by atomic mass is 10.0. The summed E-state index contributed by atoms with van der Waals surface area (Å²) in [7, 11) is 0. The van der Waals surface area contributed by atoms with E-state index in [2.05, 4.69) is 20.5 Å². The van der Waals surface area contributed by atoms with Gasteiger partial charge in [-0.3, -0.25) is 14.9 Å². The van der Waals surface area contributed by atoms with Crippen molar-refractivity contribution in [2.75, 3.05) is 19.6 Å². The maximum atomic E-state index is 12.6. The van der Waals surface area contributed by atoms with Gasteiger partial charge in [-0.05, 0) is 44.0 Å². The number of Topliss-reactive ketones (excluding diaryl/α,β-unsaturated/α-hetero) is 1. The number of aromatic amines is 1. The molecule has 4 rings (SSSR count). The third kappa shape index (κ3) is 6.43. The van der Waals surface area contributed by atoms with E-state index in [0.29, 0.717) is 12.0 Å². The third-order valence-corrected chi connectivity index (χ3v) is 5.95. The second-order valence-corrected chi connectivity index (χ2v) is 8.18. The number of amides is 3. The van der Waals surface area contributed by atoms with E-state index >= 15 is 0 Å². The number of carbonyl (C=O) groups excluding carboxylic acids is 3. The predicted molar refractivity (Wildman–Crippen MR) is 131 cm³/mol. The maximum absolute atomic E-state index is 12.6. The number of carbonyl (C=O) groups is 3. The normalized spacial score (nSPS) is 14.4. The van der Waals surface area contributed by atoms with Gasteiger partial charge in [0.25, 0.3) is 5.91 Å². The van der Waals surface area contributed by atoms with Gasteiger partial charge in [0.15, 0.2) is 5.78 Å². The lowest BCUT2D eigenvalue weighted by Crippen LogP contribution is -2.49. The van der Waals surface area contributed by atoms with Gasteiger partial charge in [-0.1, -0.05) is 36.4 Å². The topological polar surface area (TPSA) is 94.3 Å². The number of hydrogen-bond acceptors (Lipinski definition) is 4. The van der Waals surface area contributed by atoms with Crippen LogP contribution in [0.15, 0.2) is 60.8 Å². The zero-order valence-electron chi connectivity index (χ0n) is 18.4. The number of para-hydroxylation sites is 1. The molecule has 1 aliphatic heterocycles. The first-order valence-electron chi connectivity index (χ1n) is 11.1. The summed E-state index contributed by atoms with van der Waals surface area (Å²) in [5.74, 6) is -0.237. The van der Waals surface area contributed by atoms with E-state index in [9.17, 15) is 14.4 Å². The molecular formula is C25H29ClN4O3. The first-order chi connectivity index (χ1) is 15.6. The fourth-order valence-corrected chi connectivity index (χ4v) is 4.19. The number of rotatable bonds is 7. The number of fused-ring (bicyclic) bond motifs is 1. The van der Waals surface area contributed by atoms with E-state index < -0.39 is 11.9 Å². The fraction of sp³-hybridized carbons (Fsp3) is 0.320. The summed E-state index contributed by atoms with van der Waals surface area (Å²) in [5.41, 5.74) is 2.21. The molecule has 0 aliphatic carbocycles. The zero-order chi connectivity index (χ0) is 22.3. The van der Waals surface area contributed by atoms with E-state index in [1.165, 1.54) is 0 Å². The highest BCUT2D eigenvalue weighted by molar-refractivity contribution is 6.07. The SMILES string of the molecule is Cl.O=C(NC(=O)c1ccccc1)NC1CCN(CCCC(=O)c2c[nH]c3ccccc23)CC1. The standard InChI is InChI=1S/C25H28N4O3.ClH/c30-23(21-17-26-22-10-5-4-9-20(21)22)11-6-14-29-15-12-19(13-16-29)27-25(32)28-24(31)18-7-2-1-3-8-18;/h1-5,7-10,17,19,26H,6,11-16H2,(H2,27,28,31,32);1H. The van der Waals surface area contributed by atoms with Crippen LogP contribution < -0.4 is 10.6 Å². The number of imide groups is 1. The summed E-state index contributed by atoms with van der Waals surface area (Å²) < 4.78 is 0. The average molecular weight is 469 g/mol. The Morgan fingerprint density at radius 2 is 1.67 bits per heavy atom. The van der Waals surface area contributed by atoms with Crippen LogP contribution in [0.25, 0.3) is 10.9 Å². The Morgan fingerprint density at radius 1 is 0.970 bits per heavy atom. The van der Waals surface area contributed by atoms with Gasteiger partial charge in [-0.25, -0.2) is 4.79 Å². The summed E-state index contributed by atoms with van der Waals surface area (Å²) in [5, 5.41) is 6.26. The minimum absolute atomic E-state index is 0. The molecule has 0 spiro atoms. The number of piperidine rings is 1. The van der Waals surface area contributed by atoms with E-state index in [0.717, 1.165) is 55.4 Å². The van der Waals surface area contributed by atoms with Crippen molar-refractivity contribution in [2.45, 2.75) is 31.7 Å². The summed E-state index contributed by atoms with van der Waals surface area (Å²) in [6.07, 6.45) is 4.77. The molecule has 7 nitrogen and oxygen atoms in total. The van der Waals surface area contributed by atoms with E-state index in [1.54, 1.807) is 30.5 Å². The second kappa shape index (κ2) is 11.6. The van der Waals surface area contributed by atoms with Crippen LogP contribution in [0.2, 0.25) is 0 Å². The monoisotopic (exact) mass is 468 g/mol. The fourth-order valence-electron chi connectivity index (χ4n) is 4.19. The van der Waals surface area contributed by atoms with Gasteiger partial charge < -0.3 is 15.2 Å². The van der Waals surface area contributed by atoms with Gasteiger partial charge in [0.2, 0.25) is 0 Å². The molecule has 0 radical (unpaired) electrons. The van der Waals surface area contributed by atoms with Crippen LogP contribution in [0.1, 0.15) is 46.4 Å². The number of benzene rings is 2. The molecular weight excluding hydrogens is 440 g/mol. The molecule has 3 N–H and O–H groups in total. The Hall–Kier alpha value is -3.16. The molecule has 0 saturated carbocycles. The number of ketones is 1. The number of aromatic nitrogens is 1. The van der Waals surface area contributed by atoms with Crippen molar-refractivity contribution in [2.24, 2.45) is 0 Å². The quantitative estimate of drug-likeness (QED) is 0.454.